The minimum atomic E-state index is -3.61. The molecule has 0 atom stereocenters. The molecule has 32 heavy (non-hydrogen) atoms. The van der Waals surface area contributed by atoms with E-state index in [2.05, 4.69) is 0 Å². The van der Waals surface area contributed by atoms with Crippen LogP contribution in [0.5, 0.6) is 11.5 Å². The third-order valence-corrected chi connectivity index (χ3v) is 10.8. The van der Waals surface area contributed by atoms with Gasteiger partial charge in [-0.25, -0.2) is 8.42 Å². The molecule has 172 valence electrons. The molecule has 10 heteroatoms. The molecule has 0 bridgehead atoms. The van der Waals surface area contributed by atoms with Gasteiger partial charge in [-0.05, 0) is 54.8 Å². The first kappa shape index (κ1) is 23.8. The molecular weight excluding hydrogens is 490 g/mol. The Morgan fingerprint density at radius 2 is 1.69 bits per heavy atom. The van der Waals surface area contributed by atoms with Crippen molar-refractivity contribution in [3.63, 3.8) is 0 Å². The molecule has 0 unspecified atom stereocenters. The van der Waals surface area contributed by atoms with Crippen molar-refractivity contribution in [3.8, 4) is 11.5 Å². The third kappa shape index (κ3) is 5.22. The minimum Gasteiger partial charge on any atom is -0.493 e. The maximum Gasteiger partial charge on any atom is 0.314 e. The van der Waals surface area contributed by atoms with Crippen molar-refractivity contribution in [1.82, 2.24) is 4.31 Å². The van der Waals surface area contributed by atoms with Crippen LogP contribution in [0.1, 0.15) is 23.0 Å². The molecular formula is C22H24ClNO5S3. The second-order valence-corrected chi connectivity index (χ2v) is 12.6. The van der Waals surface area contributed by atoms with E-state index in [4.69, 9.17) is 21.1 Å². The van der Waals surface area contributed by atoms with Crippen LogP contribution < -0.4 is 9.47 Å². The molecule has 2 aromatic carbocycles. The van der Waals surface area contributed by atoms with Gasteiger partial charge < -0.3 is 9.47 Å². The van der Waals surface area contributed by atoms with Gasteiger partial charge in [-0.2, -0.15) is 4.31 Å². The molecule has 4 rings (SSSR count). The summed E-state index contributed by atoms with van der Waals surface area (Å²) in [5.74, 6) is 2.46. The number of hydrogen-bond acceptors (Lipinski definition) is 7. The Labute approximate surface area is 202 Å². The van der Waals surface area contributed by atoms with Crippen molar-refractivity contribution >= 4 is 51.1 Å². The highest BCUT2D eigenvalue weighted by Crippen LogP contribution is 2.47. The predicted molar refractivity (Wildman–Crippen MR) is 129 cm³/mol. The highest BCUT2D eigenvalue weighted by molar-refractivity contribution is 8.19. The molecule has 0 N–H and O–H groups in total. The van der Waals surface area contributed by atoms with Gasteiger partial charge in [0.25, 0.3) is 0 Å². The molecule has 2 fully saturated rings. The normalized spacial score (nSPS) is 18.6. The van der Waals surface area contributed by atoms with Gasteiger partial charge in [0.15, 0.2) is 11.5 Å². The van der Waals surface area contributed by atoms with Crippen molar-refractivity contribution in [1.29, 1.82) is 0 Å². The first-order valence-electron chi connectivity index (χ1n) is 10.3. The highest BCUT2D eigenvalue weighted by atomic mass is 35.5. The van der Waals surface area contributed by atoms with E-state index in [1.165, 1.54) is 16.4 Å². The van der Waals surface area contributed by atoms with E-state index >= 15 is 0 Å². The van der Waals surface area contributed by atoms with Crippen LogP contribution in [0.15, 0.2) is 47.4 Å². The second kappa shape index (κ2) is 10.3. The smallest absolute Gasteiger partial charge is 0.314 e. The minimum absolute atomic E-state index is 0.200. The van der Waals surface area contributed by atoms with E-state index in [0.29, 0.717) is 33.9 Å². The number of piperidine rings is 1. The van der Waals surface area contributed by atoms with Gasteiger partial charge in [0.2, 0.25) is 10.0 Å². The van der Waals surface area contributed by atoms with Crippen molar-refractivity contribution in [2.75, 3.05) is 31.7 Å². The van der Waals surface area contributed by atoms with E-state index in [-0.39, 0.29) is 29.9 Å². The van der Waals surface area contributed by atoms with Crippen LogP contribution in [0.3, 0.4) is 0 Å². The summed E-state index contributed by atoms with van der Waals surface area (Å²) in [5, 5.41) is 0.481. The number of nitrogens with zero attached hydrogens (tertiary/aromatic N) is 1. The number of carbonyl (C=O) groups is 1. The van der Waals surface area contributed by atoms with Gasteiger partial charge in [0, 0.05) is 29.6 Å². The van der Waals surface area contributed by atoms with Crippen LogP contribution in [0.4, 0.5) is 0 Å². The Morgan fingerprint density at radius 3 is 2.31 bits per heavy atom. The topological polar surface area (TPSA) is 72.9 Å². The predicted octanol–water partition coefficient (Wildman–Crippen LogP) is 4.83. The van der Waals surface area contributed by atoms with E-state index in [1.54, 1.807) is 25.3 Å². The number of methoxy groups -OCH3 is 1. The number of benzene rings is 2. The summed E-state index contributed by atoms with van der Waals surface area (Å²) in [6, 6.07) is 11.8. The Kier molecular flexibility index (Phi) is 7.62. The van der Waals surface area contributed by atoms with E-state index in [0.717, 1.165) is 17.1 Å². The first-order valence-corrected chi connectivity index (χ1v) is 14.2. The third-order valence-electron chi connectivity index (χ3n) is 5.53. The molecule has 2 saturated heterocycles. The summed E-state index contributed by atoms with van der Waals surface area (Å²) < 4.78 is 38.6. The molecule has 2 aliphatic rings. The van der Waals surface area contributed by atoms with Crippen molar-refractivity contribution in [2.24, 2.45) is 5.92 Å². The summed E-state index contributed by atoms with van der Waals surface area (Å²) in [7, 11) is -2.05. The Bertz CT molecular complexity index is 1060. The summed E-state index contributed by atoms with van der Waals surface area (Å²) in [6.45, 7) is 0.522. The Hall–Kier alpha value is -1.39. The molecule has 0 radical (unpaired) electrons. The largest absolute Gasteiger partial charge is 0.493 e. The molecule has 0 aliphatic carbocycles. The van der Waals surface area contributed by atoms with Crippen LogP contribution in [-0.4, -0.2) is 50.4 Å². The zero-order valence-corrected chi connectivity index (χ0v) is 20.7. The van der Waals surface area contributed by atoms with Crippen LogP contribution in [0.2, 0.25) is 5.02 Å². The number of esters is 1. The second-order valence-electron chi connectivity index (χ2n) is 7.54. The van der Waals surface area contributed by atoms with Gasteiger partial charge in [0.05, 0.1) is 22.5 Å². The van der Waals surface area contributed by atoms with Crippen LogP contribution in [-0.2, 0) is 14.8 Å². The number of hydrogen-bond donors (Lipinski definition) is 0. The number of carbonyl (C=O) groups excluding carboxylic acids is 1. The molecule has 2 heterocycles. The maximum atomic E-state index is 12.8. The zero-order valence-electron chi connectivity index (χ0n) is 17.5. The monoisotopic (exact) mass is 513 g/mol. The Morgan fingerprint density at radius 1 is 1.03 bits per heavy atom. The lowest BCUT2D eigenvalue weighted by atomic mass is 9.98. The number of sulfonamides is 1. The molecule has 0 spiro atoms. The number of halogens is 1. The van der Waals surface area contributed by atoms with Crippen LogP contribution >= 0.6 is 35.1 Å². The highest BCUT2D eigenvalue weighted by Gasteiger charge is 2.33. The van der Waals surface area contributed by atoms with Gasteiger partial charge in [-0.1, -0.05) is 17.7 Å². The average molecular weight is 514 g/mol. The summed E-state index contributed by atoms with van der Waals surface area (Å²) in [6.07, 6.45) is 0.808. The lowest BCUT2D eigenvalue weighted by Gasteiger charge is -2.30. The molecule has 0 aromatic heterocycles. The van der Waals surface area contributed by atoms with Gasteiger partial charge in [-0.15, -0.1) is 23.5 Å². The van der Waals surface area contributed by atoms with Crippen molar-refractivity contribution in [3.05, 3.63) is 53.1 Å². The van der Waals surface area contributed by atoms with Crippen LogP contribution in [0.25, 0.3) is 0 Å². The number of thioether (sulfide) groups is 2. The first-order chi connectivity index (χ1) is 15.4. The van der Waals surface area contributed by atoms with Crippen molar-refractivity contribution in [2.45, 2.75) is 22.3 Å². The van der Waals surface area contributed by atoms with E-state index in [9.17, 15) is 13.2 Å². The molecule has 6 nitrogen and oxygen atoms in total. The quantitative estimate of drug-likeness (QED) is 0.404. The molecule has 0 amide bonds. The fourth-order valence-corrected chi connectivity index (χ4v) is 8.18. The Balaban J connectivity index is 1.38. The lowest BCUT2D eigenvalue weighted by molar-refractivity contribution is -0.140. The molecule has 2 aliphatic heterocycles. The van der Waals surface area contributed by atoms with E-state index < -0.39 is 10.0 Å². The lowest BCUT2D eigenvalue weighted by Crippen LogP contribution is -2.41. The maximum absolute atomic E-state index is 12.8. The van der Waals surface area contributed by atoms with Crippen molar-refractivity contribution < 1.29 is 22.7 Å². The molecule has 2 aromatic rings. The van der Waals surface area contributed by atoms with Crippen LogP contribution in [0, 0.1) is 5.92 Å². The summed E-state index contributed by atoms with van der Waals surface area (Å²) in [5.41, 5.74) is 1.15. The standard InChI is InChI=1S/C22H24ClNO5S3/c1-28-20-14-16(22-30-12-13-31-22)2-7-19(20)29-21(25)15-8-10-24(11-9-15)32(26,27)18-5-3-17(23)4-6-18/h2-7,14-15,22H,8-13H2,1H3. The van der Waals surface area contributed by atoms with Gasteiger partial charge in [0.1, 0.15) is 0 Å². The van der Waals surface area contributed by atoms with E-state index in [1.807, 2.05) is 35.7 Å². The number of rotatable bonds is 6. The number of ether oxygens (including phenoxy) is 2. The van der Waals surface area contributed by atoms with Gasteiger partial charge >= 0.3 is 5.97 Å². The average Bonchev–Trinajstić information content (AvgIpc) is 3.35. The summed E-state index contributed by atoms with van der Waals surface area (Å²) >= 11 is 9.66. The molecule has 0 saturated carbocycles. The fraction of sp³-hybridized carbons (Fsp3) is 0.409. The fourth-order valence-electron chi connectivity index (χ4n) is 3.75. The zero-order chi connectivity index (χ0) is 22.7. The SMILES string of the molecule is COc1cc(C2SCCS2)ccc1OC(=O)C1CCN(S(=O)(=O)c2ccc(Cl)cc2)CC1. The van der Waals surface area contributed by atoms with Gasteiger partial charge in [-0.3, -0.25) is 4.79 Å². The summed E-state index contributed by atoms with van der Waals surface area (Å²) in [4.78, 5) is 13.0.